The molecule has 0 heterocycles. The van der Waals surface area contributed by atoms with Crippen LogP contribution in [0.3, 0.4) is 0 Å². The molecule has 5 heteroatoms. The molecular formula is C17H24N2O3. The van der Waals surface area contributed by atoms with E-state index in [0.29, 0.717) is 24.9 Å². The second-order valence-corrected chi connectivity index (χ2v) is 5.52. The lowest BCUT2D eigenvalue weighted by Crippen LogP contribution is -2.26. The highest BCUT2D eigenvalue weighted by molar-refractivity contribution is 5.99. The molecule has 120 valence electrons. The number of carbonyl (C=O) groups is 3. The zero-order valence-electron chi connectivity index (χ0n) is 13.2. The van der Waals surface area contributed by atoms with Crippen molar-refractivity contribution in [2.75, 3.05) is 0 Å². The first-order chi connectivity index (χ1) is 10.4. The molecule has 1 aromatic carbocycles. The lowest BCUT2D eigenvalue weighted by molar-refractivity contribution is -0.122. The zero-order valence-corrected chi connectivity index (χ0v) is 13.2. The summed E-state index contributed by atoms with van der Waals surface area (Å²) in [6, 6.07) is 5.50. The molecule has 0 bridgehead atoms. The van der Waals surface area contributed by atoms with Gasteiger partial charge in [0.2, 0.25) is 5.91 Å². The molecule has 0 saturated heterocycles. The van der Waals surface area contributed by atoms with Crippen LogP contribution >= 0.6 is 0 Å². The Morgan fingerprint density at radius 3 is 2.41 bits per heavy atom. The number of primary amides is 1. The number of hydrogen-bond acceptors (Lipinski definition) is 4. The van der Waals surface area contributed by atoms with E-state index < -0.39 is 11.8 Å². The maximum Gasteiger partial charge on any atom is 0.221 e. The van der Waals surface area contributed by atoms with Gasteiger partial charge in [0, 0.05) is 30.9 Å². The van der Waals surface area contributed by atoms with Crippen molar-refractivity contribution in [1.82, 2.24) is 0 Å². The third-order valence-corrected chi connectivity index (χ3v) is 3.77. The van der Waals surface area contributed by atoms with E-state index in [1.54, 1.807) is 6.07 Å². The smallest absolute Gasteiger partial charge is 0.221 e. The van der Waals surface area contributed by atoms with Crippen LogP contribution in [0.15, 0.2) is 18.2 Å². The molecule has 0 fully saturated rings. The average Bonchev–Trinajstić information content (AvgIpc) is 2.49. The molecule has 0 saturated carbocycles. The standard InChI is InChI=1S/C17H24N2O3/c1-3-13-8-12(10-18)5-7-15(13)16(21)9-14(17(19)22)6-4-11(2)20/h5,7-8,14H,3-4,6,9-10,18H2,1-2H3,(H2,19,22). The maximum atomic E-state index is 12.5. The van der Waals surface area contributed by atoms with Crippen molar-refractivity contribution in [3.05, 3.63) is 34.9 Å². The minimum Gasteiger partial charge on any atom is -0.369 e. The van der Waals surface area contributed by atoms with Crippen LogP contribution in [0.5, 0.6) is 0 Å². The van der Waals surface area contributed by atoms with Crippen molar-refractivity contribution in [3.63, 3.8) is 0 Å². The molecule has 4 N–H and O–H groups in total. The topological polar surface area (TPSA) is 103 Å². The van der Waals surface area contributed by atoms with Gasteiger partial charge >= 0.3 is 0 Å². The highest BCUT2D eigenvalue weighted by Gasteiger charge is 2.22. The van der Waals surface area contributed by atoms with Gasteiger partial charge in [-0.2, -0.15) is 0 Å². The average molecular weight is 304 g/mol. The molecule has 1 atom stereocenters. The van der Waals surface area contributed by atoms with Crippen LogP contribution in [-0.4, -0.2) is 17.5 Å². The van der Waals surface area contributed by atoms with Crippen LogP contribution in [-0.2, 0) is 22.6 Å². The van der Waals surface area contributed by atoms with Gasteiger partial charge in [-0.1, -0.05) is 25.1 Å². The van der Waals surface area contributed by atoms with Crippen molar-refractivity contribution in [2.45, 2.75) is 46.1 Å². The third kappa shape index (κ3) is 5.07. The number of benzene rings is 1. The Balaban J connectivity index is 2.89. The van der Waals surface area contributed by atoms with Gasteiger partial charge in [-0.05, 0) is 30.9 Å². The Hall–Kier alpha value is -2.01. The summed E-state index contributed by atoms with van der Waals surface area (Å²) >= 11 is 0. The van der Waals surface area contributed by atoms with Crippen molar-refractivity contribution < 1.29 is 14.4 Å². The summed E-state index contributed by atoms with van der Waals surface area (Å²) in [6.45, 7) is 3.85. The number of aryl methyl sites for hydroxylation is 1. The molecule has 0 aliphatic heterocycles. The summed E-state index contributed by atoms with van der Waals surface area (Å²) in [5, 5.41) is 0. The molecule has 0 aliphatic carbocycles. The first-order valence-electron chi connectivity index (χ1n) is 7.52. The van der Waals surface area contributed by atoms with E-state index in [4.69, 9.17) is 11.5 Å². The number of nitrogens with two attached hydrogens (primary N) is 2. The zero-order chi connectivity index (χ0) is 16.7. The predicted molar refractivity (Wildman–Crippen MR) is 85.3 cm³/mol. The Kier molecular flexibility index (Phi) is 6.92. The van der Waals surface area contributed by atoms with E-state index in [1.807, 2.05) is 19.1 Å². The summed E-state index contributed by atoms with van der Waals surface area (Å²) in [5.74, 6) is -1.27. The van der Waals surface area contributed by atoms with Gasteiger partial charge in [0.15, 0.2) is 5.78 Å². The monoisotopic (exact) mass is 304 g/mol. The van der Waals surface area contributed by atoms with Crippen LogP contribution in [0.25, 0.3) is 0 Å². The van der Waals surface area contributed by atoms with Crippen LogP contribution < -0.4 is 11.5 Å². The van der Waals surface area contributed by atoms with Gasteiger partial charge in [0.1, 0.15) is 5.78 Å². The first-order valence-corrected chi connectivity index (χ1v) is 7.52. The summed E-state index contributed by atoms with van der Waals surface area (Å²) in [5.41, 5.74) is 13.4. The fraction of sp³-hybridized carbons (Fsp3) is 0.471. The normalized spacial score (nSPS) is 12.0. The van der Waals surface area contributed by atoms with Gasteiger partial charge in [0.25, 0.3) is 0 Å². The van der Waals surface area contributed by atoms with Crippen molar-refractivity contribution >= 4 is 17.5 Å². The van der Waals surface area contributed by atoms with Gasteiger partial charge in [-0.3, -0.25) is 9.59 Å². The number of amides is 1. The summed E-state index contributed by atoms with van der Waals surface area (Å²) in [7, 11) is 0. The first kappa shape index (κ1) is 18.0. The van der Waals surface area contributed by atoms with E-state index in [9.17, 15) is 14.4 Å². The van der Waals surface area contributed by atoms with Crippen LogP contribution in [0.4, 0.5) is 0 Å². The molecule has 1 amide bonds. The summed E-state index contributed by atoms with van der Waals surface area (Å²) in [4.78, 5) is 35.0. The van der Waals surface area contributed by atoms with Crippen molar-refractivity contribution in [1.29, 1.82) is 0 Å². The lowest BCUT2D eigenvalue weighted by Gasteiger charge is -2.14. The number of Topliss-reactive ketones (excluding diaryl/α,β-unsaturated/α-hetero) is 2. The SMILES string of the molecule is CCc1cc(CN)ccc1C(=O)CC(CCC(C)=O)C(N)=O. The molecular weight excluding hydrogens is 280 g/mol. The second-order valence-electron chi connectivity index (χ2n) is 5.52. The molecule has 1 unspecified atom stereocenters. The van der Waals surface area contributed by atoms with E-state index in [2.05, 4.69) is 0 Å². The quantitative estimate of drug-likeness (QED) is 0.678. The Morgan fingerprint density at radius 1 is 1.23 bits per heavy atom. The number of ketones is 2. The number of hydrogen-bond donors (Lipinski definition) is 2. The molecule has 5 nitrogen and oxygen atoms in total. The highest BCUT2D eigenvalue weighted by Crippen LogP contribution is 2.19. The van der Waals surface area contributed by atoms with Crippen LogP contribution in [0, 0.1) is 5.92 Å². The van der Waals surface area contributed by atoms with Gasteiger partial charge in [-0.15, -0.1) is 0 Å². The minimum atomic E-state index is -0.602. The van der Waals surface area contributed by atoms with Gasteiger partial charge < -0.3 is 16.3 Å². The van der Waals surface area contributed by atoms with Crippen molar-refractivity contribution in [2.24, 2.45) is 17.4 Å². The molecule has 0 spiro atoms. The molecule has 22 heavy (non-hydrogen) atoms. The minimum absolute atomic E-state index is 0.0137. The van der Waals surface area contributed by atoms with Gasteiger partial charge in [-0.25, -0.2) is 0 Å². The molecule has 1 rings (SSSR count). The van der Waals surface area contributed by atoms with Crippen molar-refractivity contribution in [3.8, 4) is 0 Å². The van der Waals surface area contributed by atoms with Crippen LogP contribution in [0.2, 0.25) is 0 Å². The Bertz CT molecular complexity index is 567. The Morgan fingerprint density at radius 2 is 1.91 bits per heavy atom. The maximum absolute atomic E-state index is 12.5. The second kappa shape index (κ2) is 8.44. The molecule has 0 aromatic heterocycles. The van der Waals surface area contributed by atoms with E-state index in [-0.39, 0.29) is 24.4 Å². The third-order valence-electron chi connectivity index (χ3n) is 3.77. The molecule has 0 radical (unpaired) electrons. The van der Waals surface area contributed by atoms with E-state index >= 15 is 0 Å². The molecule has 1 aromatic rings. The lowest BCUT2D eigenvalue weighted by atomic mass is 9.90. The predicted octanol–water partition coefficient (Wildman–Crippen LogP) is 1.75. The van der Waals surface area contributed by atoms with E-state index in [0.717, 1.165) is 11.1 Å². The van der Waals surface area contributed by atoms with E-state index in [1.165, 1.54) is 6.92 Å². The van der Waals surface area contributed by atoms with Crippen LogP contribution in [0.1, 0.15) is 54.6 Å². The largest absolute Gasteiger partial charge is 0.369 e. The number of rotatable bonds is 9. The van der Waals surface area contributed by atoms with Gasteiger partial charge in [0.05, 0.1) is 0 Å². The summed E-state index contributed by atoms with van der Waals surface area (Å²) in [6.07, 6.45) is 1.33. The number of carbonyl (C=O) groups excluding carboxylic acids is 3. The highest BCUT2D eigenvalue weighted by atomic mass is 16.1. The Labute approximate surface area is 131 Å². The fourth-order valence-electron chi connectivity index (χ4n) is 2.39. The fourth-order valence-corrected chi connectivity index (χ4v) is 2.39. The molecule has 0 aliphatic rings. The summed E-state index contributed by atoms with van der Waals surface area (Å²) < 4.78 is 0.